The molecule has 158 valence electrons. The standard InChI is InChI=1S/C22H24N2O4S2/c1-14-22(26)24-19-10-9-16(13-20(19)29-14)30(27,28)12-11-21(25)23-18-8-4-6-15-5-2-3-7-17(15)18/h2-3,5,7,9-10,13-14,18H,4,6,8,11-12H2,1H3,(H,23,25)(H,24,26). The van der Waals surface area contributed by atoms with Crippen molar-refractivity contribution in [1.29, 1.82) is 0 Å². The van der Waals surface area contributed by atoms with Gasteiger partial charge in [-0.05, 0) is 55.5 Å². The lowest BCUT2D eigenvalue weighted by atomic mass is 9.88. The number of nitrogens with one attached hydrogen (secondary N) is 2. The zero-order chi connectivity index (χ0) is 21.3. The highest BCUT2D eigenvalue weighted by molar-refractivity contribution is 8.01. The molecule has 2 amide bonds. The van der Waals surface area contributed by atoms with Gasteiger partial charge < -0.3 is 10.6 Å². The van der Waals surface area contributed by atoms with Gasteiger partial charge in [-0.2, -0.15) is 0 Å². The number of carbonyl (C=O) groups is 2. The average molecular weight is 445 g/mol. The van der Waals surface area contributed by atoms with E-state index in [2.05, 4.69) is 16.7 Å². The molecule has 0 saturated heterocycles. The van der Waals surface area contributed by atoms with E-state index in [9.17, 15) is 18.0 Å². The first kappa shape index (κ1) is 20.9. The number of thioether (sulfide) groups is 1. The van der Waals surface area contributed by atoms with Crippen LogP contribution in [0.1, 0.15) is 43.4 Å². The number of sulfone groups is 1. The van der Waals surface area contributed by atoms with Gasteiger partial charge in [-0.1, -0.05) is 24.3 Å². The monoisotopic (exact) mass is 444 g/mol. The van der Waals surface area contributed by atoms with Crippen molar-refractivity contribution in [3.63, 3.8) is 0 Å². The van der Waals surface area contributed by atoms with E-state index < -0.39 is 9.84 Å². The Kier molecular flexibility index (Phi) is 5.88. The van der Waals surface area contributed by atoms with E-state index in [0.29, 0.717) is 5.69 Å². The Labute approximate surface area is 180 Å². The average Bonchev–Trinajstić information content (AvgIpc) is 2.73. The van der Waals surface area contributed by atoms with Crippen LogP contribution in [0.4, 0.5) is 5.69 Å². The van der Waals surface area contributed by atoms with Gasteiger partial charge in [-0.25, -0.2) is 8.42 Å². The molecule has 4 rings (SSSR count). The fourth-order valence-electron chi connectivity index (χ4n) is 3.89. The Bertz CT molecular complexity index is 1100. The normalized spacial score (nSPS) is 20.6. The van der Waals surface area contributed by atoms with Gasteiger partial charge in [-0.15, -0.1) is 11.8 Å². The minimum absolute atomic E-state index is 0.0598. The molecule has 0 fully saturated rings. The molecule has 2 atom stereocenters. The van der Waals surface area contributed by atoms with Crippen LogP contribution in [0, 0.1) is 0 Å². The van der Waals surface area contributed by atoms with Crippen LogP contribution in [0.25, 0.3) is 0 Å². The Morgan fingerprint density at radius 2 is 2.03 bits per heavy atom. The lowest BCUT2D eigenvalue weighted by Gasteiger charge is -2.26. The van der Waals surface area contributed by atoms with Gasteiger partial charge in [0.1, 0.15) is 0 Å². The third-order valence-electron chi connectivity index (χ3n) is 5.55. The second-order valence-corrected chi connectivity index (χ2v) is 11.2. The largest absolute Gasteiger partial charge is 0.349 e. The van der Waals surface area contributed by atoms with Crippen LogP contribution in [0.3, 0.4) is 0 Å². The van der Waals surface area contributed by atoms with Crippen molar-refractivity contribution in [2.75, 3.05) is 11.1 Å². The molecule has 1 aliphatic heterocycles. The predicted molar refractivity (Wildman–Crippen MR) is 117 cm³/mol. The minimum atomic E-state index is -3.61. The lowest BCUT2D eigenvalue weighted by Crippen LogP contribution is -2.32. The summed E-state index contributed by atoms with van der Waals surface area (Å²) < 4.78 is 25.6. The van der Waals surface area contributed by atoms with Crippen LogP contribution in [-0.2, 0) is 25.8 Å². The molecular weight excluding hydrogens is 420 g/mol. The van der Waals surface area contributed by atoms with E-state index >= 15 is 0 Å². The van der Waals surface area contributed by atoms with Crippen molar-refractivity contribution >= 4 is 39.1 Å². The Morgan fingerprint density at radius 3 is 2.87 bits per heavy atom. The fourth-order valence-corrected chi connectivity index (χ4v) is 6.22. The highest BCUT2D eigenvalue weighted by Crippen LogP contribution is 2.37. The predicted octanol–water partition coefficient (Wildman–Crippen LogP) is 3.48. The quantitative estimate of drug-likeness (QED) is 0.737. The minimum Gasteiger partial charge on any atom is -0.349 e. The first-order chi connectivity index (χ1) is 14.3. The number of anilines is 1. The lowest BCUT2D eigenvalue weighted by molar-refractivity contribution is -0.121. The molecule has 0 spiro atoms. The smallest absolute Gasteiger partial charge is 0.237 e. The van der Waals surface area contributed by atoms with Crippen LogP contribution in [0.2, 0.25) is 0 Å². The molecule has 2 unspecified atom stereocenters. The molecule has 6 nitrogen and oxygen atoms in total. The van der Waals surface area contributed by atoms with Gasteiger partial charge >= 0.3 is 0 Å². The number of hydrogen-bond acceptors (Lipinski definition) is 5. The van der Waals surface area contributed by atoms with Gasteiger partial charge in [0.05, 0.1) is 27.6 Å². The number of carbonyl (C=O) groups excluding carboxylic acids is 2. The topological polar surface area (TPSA) is 92.3 Å². The van der Waals surface area contributed by atoms with Crippen molar-refractivity contribution in [2.24, 2.45) is 0 Å². The number of aryl methyl sites for hydroxylation is 1. The van der Waals surface area contributed by atoms with Crippen LogP contribution in [0.15, 0.2) is 52.3 Å². The summed E-state index contributed by atoms with van der Waals surface area (Å²) in [6.45, 7) is 1.78. The highest BCUT2D eigenvalue weighted by atomic mass is 32.2. The van der Waals surface area contributed by atoms with Gasteiger partial charge in [0.15, 0.2) is 9.84 Å². The first-order valence-corrected chi connectivity index (χ1v) is 12.6. The zero-order valence-electron chi connectivity index (χ0n) is 16.7. The van der Waals surface area contributed by atoms with Crippen molar-refractivity contribution in [3.05, 3.63) is 53.6 Å². The van der Waals surface area contributed by atoms with E-state index in [1.165, 1.54) is 23.4 Å². The third-order valence-corrected chi connectivity index (χ3v) is 8.42. The van der Waals surface area contributed by atoms with Crippen molar-refractivity contribution < 1.29 is 18.0 Å². The molecular formula is C22H24N2O4S2. The molecule has 30 heavy (non-hydrogen) atoms. The molecule has 0 saturated carbocycles. The maximum atomic E-state index is 12.8. The highest BCUT2D eigenvalue weighted by Gasteiger charge is 2.26. The maximum Gasteiger partial charge on any atom is 0.237 e. The van der Waals surface area contributed by atoms with Gasteiger partial charge in [0.2, 0.25) is 11.8 Å². The maximum absolute atomic E-state index is 12.8. The van der Waals surface area contributed by atoms with E-state index in [1.807, 2.05) is 18.2 Å². The molecule has 1 aliphatic carbocycles. The van der Waals surface area contributed by atoms with Crippen LogP contribution in [0.5, 0.6) is 0 Å². The molecule has 8 heteroatoms. The van der Waals surface area contributed by atoms with Crippen molar-refractivity contribution in [2.45, 2.75) is 53.7 Å². The molecule has 2 N–H and O–H groups in total. The SMILES string of the molecule is CC1Sc2cc(S(=O)(=O)CCC(=O)NC3CCCc4ccccc43)ccc2NC1=O. The summed E-state index contributed by atoms with van der Waals surface area (Å²) in [6, 6.07) is 12.7. The summed E-state index contributed by atoms with van der Waals surface area (Å²) in [7, 11) is -3.61. The Morgan fingerprint density at radius 1 is 1.23 bits per heavy atom. The van der Waals surface area contributed by atoms with Crippen LogP contribution < -0.4 is 10.6 Å². The second-order valence-electron chi connectivity index (χ2n) is 7.69. The molecule has 2 aromatic carbocycles. The van der Waals surface area contributed by atoms with Crippen LogP contribution >= 0.6 is 11.8 Å². The third kappa shape index (κ3) is 4.39. The number of amides is 2. The second kappa shape index (κ2) is 8.43. The van der Waals surface area contributed by atoms with E-state index in [4.69, 9.17) is 0 Å². The summed E-state index contributed by atoms with van der Waals surface area (Å²) in [6.07, 6.45) is 2.79. The van der Waals surface area contributed by atoms with E-state index in [1.54, 1.807) is 19.1 Å². The van der Waals surface area contributed by atoms with E-state index in [0.717, 1.165) is 29.7 Å². The fraction of sp³-hybridized carbons (Fsp3) is 0.364. The summed E-state index contributed by atoms with van der Waals surface area (Å²) >= 11 is 1.34. The molecule has 2 aliphatic rings. The number of hydrogen-bond donors (Lipinski definition) is 2. The van der Waals surface area contributed by atoms with Gasteiger partial charge in [0.25, 0.3) is 0 Å². The Hall–Kier alpha value is -2.32. The summed E-state index contributed by atoms with van der Waals surface area (Å²) in [5.74, 6) is -0.601. The van der Waals surface area contributed by atoms with E-state index in [-0.39, 0.29) is 40.2 Å². The van der Waals surface area contributed by atoms with Gasteiger partial charge in [0, 0.05) is 11.3 Å². The number of rotatable bonds is 5. The molecule has 2 aromatic rings. The molecule has 0 bridgehead atoms. The Balaban J connectivity index is 1.41. The number of fused-ring (bicyclic) bond motifs is 2. The van der Waals surface area contributed by atoms with Crippen molar-refractivity contribution in [1.82, 2.24) is 5.32 Å². The molecule has 0 aromatic heterocycles. The number of benzene rings is 2. The molecule has 1 heterocycles. The summed E-state index contributed by atoms with van der Waals surface area (Å²) in [4.78, 5) is 25.1. The molecule has 0 radical (unpaired) electrons. The van der Waals surface area contributed by atoms with Crippen molar-refractivity contribution in [3.8, 4) is 0 Å². The van der Waals surface area contributed by atoms with Crippen LogP contribution in [-0.4, -0.2) is 31.2 Å². The summed E-state index contributed by atoms with van der Waals surface area (Å²) in [5.41, 5.74) is 2.99. The zero-order valence-corrected chi connectivity index (χ0v) is 18.3. The van der Waals surface area contributed by atoms with Gasteiger partial charge in [-0.3, -0.25) is 9.59 Å². The summed E-state index contributed by atoms with van der Waals surface area (Å²) in [5, 5.41) is 5.50. The first-order valence-electron chi connectivity index (χ1n) is 10.0.